The predicted molar refractivity (Wildman–Crippen MR) is 225 cm³/mol. The van der Waals surface area contributed by atoms with Gasteiger partial charge in [0.25, 0.3) is 0 Å². The molecule has 2 N–H and O–H groups in total. The number of hydrogen-bond donors (Lipinski definition) is 2. The lowest BCUT2D eigenvalue weighted by molar-refractivity contribution is 0.0491. The molecule has 3 saturated carbocycles. The Bertz CT molecular complexity index is 2100. The molecule has 0 amide bonds. The Morgan fingerprint density at radius 1 is 0.965 bits per heavy atom. The highest BCUT2D eigenvalue weighted by molar-refractivity contribution is 6.35. The maximum atomic E-state index is 13.7. The van der Waals surface area contributed by atoms with Gasteiger partial charge in [0.1, 0.15) is 36.1 Å². The van der Waals surface area contributed by atoms with Crippen molar-refractivity contribution in [3.8, 4) is 34.4 Å². The van der Waals surface area contributed by atoms with Crippen molar-refractivity contribution >= 4 is 23.2 Å². The molecule has 0 bridgehead atoms. The van der Waals surface area contributed by atoms with Crippen LogP contribution >= 0.6 is 23.2 Å². The van der Waals surface area contributed by atoms with Crippen LogP contribution in [0.15, 0.2) is 83.5 Å². The van der Waals surface area contributed by atoms with Gasteiger partial charge >= 0.3 is 0 Å². The van der Waals surface area contributed by atoms with E-state index in [-0.39, 0.29) is 24.9 Å². The van der Waals surface area contributed by atoms with Crippen molar-refractivity contribution < 1.29 is 23.7 Å². The fourth-order valence-corrected chi connectivity index (χ4v) is 9.94. The van der Waals surface area contributed by atoms with Gasteiger partial charge in [0.15, 0.2) is 0 Å². The number of rotatable bonds is 15. The second-order valence-corrected chi connectivity index (χ2v) is 17.5. The molecule has 6 nitrogen and oxygen atoms in total. The average Bonchev–Trinajstić information content (AvgIpc) is 3.81. The lowest BCUT2D eigenvalue weighted by Gasteiger charge is -2.33. The normalized spacial score (nSPS) is 26.3. The third kappa shape index (κ3) is 8.96. The molecule has 3 aromatic rings. The Morgan fingerprint density at radius 2 is 1.79 bits per heavy atom. The van der Waals surface area contributed by atoms with E-state index in [0.29, 0.717) is 57.4 Å². The Hall–Kier alpha value is -3.80. The van der Waals surface area contributed by atoms with Gasteiger partial charge in [-0.3, -0.25) is 0 Å². The molecule has 4 atom stereocenters. The minimum Gasteiger partial charge on any atom is -0.492 e. The first-order valence-corrected chi connectivity index (χ1v) is 21.7. The van der Waals surface area contributed by atoms with E-state index >= 15 is 0 Å². The first-order chi connectivity index (χ1) is 27.7. The van der Waals surface area contributed by atoms with E-state index in [2.05, 4.69) is 48.7 Å². The van der Waals surface area contributed by atoms with Crippen LogP contribution in [-0.2, 0) is 13.0 Å². The lowest BCUT2D eigenvalue weighted by atomic mass is 9.83. The van der Waals surface area contributed by atoms with Crippen LogP contribution in [0, 0.1) is 22.7 Å². The number of benzene rings is 3. The molecule has 9 heteroatoms. The van der Waals surface area contributed by atoms with Gasteiger partial charge in [-0.1, -0.05) is 78.2 Å². The van der Waals surface area contributed by atoms with Crippen LogP contribution in [0.4, 0.5) is 4.39 Å². The van der Waals surface area contributed by atoms with Crippen LogP contribution < -0.4 is 19.5 Å². The van der Waals surface area contributed by atoms with Crippen LogP contribution in [0.1, 0.15) is 107 Å². The largest absolute Gasteiger partial charge is 0.492 e. The van der Waals surface area contributed by atoms with Gasteiger partial charge in [-0.25, -0.2) is 4.39 Å². The van der Waals surface area contributed by atoms with Gasteiger partial charge in [-0.2, -0.15) is 5.26 Å². The lowest BCUT2D eigenvalue weighted by Crippen LogP contribution is -2.47. The molecule has 0 saturated heterocycles. The van der Waals surface area contributed by atoms with Crippen molar-refractivity contribution in [2.24, 2.45) is 11.3 Å². The van der Waals surface area contributed by atoms with Crippen LogP contribution in [0.2, 0.25) is 10.0 Å². The molecule has 1 unspecified atom stereocenters. The second kappa shape index (κ2) is 17.6. The van der Waals surface area contributed by atoms with Crippen LogP contribution in [-0.4, -0.2) is 36.6 Å². The summed E-state index contributed by atoms with van der Waals surface area (Å²) in [7, 11) is 0. The number of aliphatic hydroxyl groups is 1. The van der Waals surface area contributed by atoms with Crippen LogP contribution in [0.25, 0.3) is 11.1 Å². The summed E-state index contributed by atoms with van der Waals surface area (Å²) in [6.45, 7) is 3.50. The molecule has 0 heterocycles. The molecule has 300 valence electrons. The smallest absolute Gasteiger partial charge is 0.142 e. The van der Waals surface area contributed by atoms with E-state index in [1.165, 1.54) is 17.6 Å². The summed E-state index contributed by atoms with van der Waals surface area (Å²) in [5.41, 5.74) is 8.41. The third-order valence-electron chi connectivity index (χ3n) is 13.2. The minimum absolute atomic E-state index is 0.0374. The number of allylic oxidation sites excluding steroid dienone is 4. The zero-order chi connectivity index (χ0) is 39.5. The van der Waals surface area contributed by atoms with E-state index < -0.39 is 6.17 Å². The SMILES string of the molecule is CCC1=CC(COc2cc(O[C@H]3CCc4c(-c5cccc(OCCCC6CC67CCC(F)CC7)c5Cl)cccc43)c(Cl)cc2CN[C@@H]2CC[C@H]2O)=CC(C#N)=CC1. The van der Waals surface area contributed by atoms with Gasteiger partial charge in [0.05, 0.1) is 28.8 Å². The van der Waals surface area contributed by atoms with Crippen molar-refractivity contribution in [2.45, 2.75) is 121 Å². The monoisotopic (exact) mass is 810 g/mol. The predicted octanol–water partition coefficient (Wildman–Crippen LogP) is 11.9. The van der Waals surface area contributed by atoms with Crippen molar-refractivity contribution in [1.29, 1.82) is 5.26 Å². The molecule has 3 fully saturated rings. The zero-order valence-electron chi connectivity index (χ0n) is 32.8. The van der Waals surface area contributed by atoms with Gasteiger partial charge in [-0.05, 0) is 135 Å². The Balaban J connectivity index is 0.965. The quantitative estimate of drug-likeness (QED) is 0.149. The molecule has 8 rings (SSSR count). The first kappa shape index (κ1) is 40.0. The first-order valence-electron chi connectivity index (χ1n) is 20.9. The number of alkyl halides is 1. The number of fused-ring (bicyclic) bond motifs is 1. The van der Waals surface area contributed by atoms with Gasteiger partial charge < -0.3 is 24.6 Å². The van der Waals surface area contributed by atoms with Crippen LogP contribution in [0.5, 0.6) is 17.2 Å². The maximum absolute atomic E-state index is 13.7. The number of ether oxygens (including phenoxy) is 3. The highest BCUT2D eigenvalue weighted by Crippen LogP contribution is 2.63. The van der Waals surface area contributed by atoms with Crippen molar-refractivity contribution in [1.82, 2.24) is 5.32 Å². The summed E-state index contributed by atoms with van der Waals surface area (Å²) in [6.07, 6.45) is 16.7. The molecule has 5 aliphatic carbocycles. The zero-order valence-corrected chi connectivity index (χ0v) is 34.3. The number of aliphatic hydroxyl groups excluding tert-OH is 1. The van der Waals surface area contributed by atoms with Crippen LogP contribution in [0.3, 0.4) is 0 Å². The molecule has 3 aromatic carbocycles. The highest BCUT2D eigenvalue weighted by Gasteiger charge is 2.54. The number of nitrogens with zero attached hydrogens (tertiary/aromatic N) is 1. The van der Waals surface area contributed by atoms with E-state index in [1.807, 2.05) is 36.4 Å². The topological polar surface area (TPSA) is 83.7 Å². The van der Waals surface area contributed by atoms with Gasteiger partial charge in [0.2, 0.25) is 0 Å². The van der Waals surface area contributed by atoms with E-state index in [0.717, 1.165) is 105 Å². The molecule has 57 heavy (non-hydrogen) atoms. The third-order valence-corrected chi connectivity index (χ3v) is 13.8. The Labute approximate surface area is 346 Å². The average molecular weight is 812 g/mol. The second-order valence-electron chi connectivity index (χ2n) is 16.7. The molecule has 0 aliphatic heterocycles. The molecular weight excluding hydrogens is 758 g/mol. The summed E-state index contributed by atoms with van der Waals surface area (Å²) in [6, 6.07) is 18.4. The van der Waals surface area contributed by atoms with E-state index in [4.69, 9.17) is 37.4 Å². The molecule has 0 aromatic heterocycles. The van der Waals surface area contributed by atoms with Crippen molar-refractivity contribution in [3.63, 3.8) is 0 Å². The van der Waals surface area contributed by atoms with Gasteiger partial charge in [0, 0.05) is 35.4 Å². The number of nitriles is 1. The fourth-order valence-electron chi connectivity index (χ4n) is 9.43. The summed E-state index contributed by atoms with van der Waals surface area (Å²) >= 11 is 14.0. The Kier molecular flexibility index (Phi) is 12.3. The highest BCUT2D eigenvalue weighted by atomic mass is 35.5. The Morgan fingerprint density at radius 3 is 2.56 bits per heavy atom. The summed E-state index contributed by atoms with van der Waals surface area (Å²) < 4.78 is 33.2. The minimum atomic E-state index is -0.601. The molecule has 1 spiro atoms. The molecular formula is C48H53Cl2FN2O4. The van der Waals surface area contributed by atoms with Crippen molar-refractivity contribution in [2.75, 3.05) is 13.2 Å². The van der Waals surface area contributed by atoms with E-state index in [9.17, 15) is 14.8 Å². The summed E-state index contributed by atoms with van der Waals surface area (Å²) in [4.78, 5) is 0. The number of nitrogens with one attached hydrogen (secondary N) is 1. The molecule has 5 aliphatic rings. The fraction of sp³-hybridized carbons (Fsp3) is 0.479. The van der Waals surface area contributed by atoms with Crippen molar-refractivity contribution in [3.05, 3.63) is 110 Å². The van der Waals surface area contributed by atoms with Gasteiger partial charge in [-0.15, -0.1) is 0 Å². The number of halogens is 3. The number of hydrogen-bond acceptors (Lipinski definition) is 6. The standard InChI is InChI=1S/C48H53Cl2FN2O4/c1-2-30-11-12-31(27-52)23-32(22-30)29-56-45-25-46(40(49)24-33(45)28-53-41-14-15-42(41)54)57-43-16-13-37-36(7-3-8-38(37)43)39-9-4-10-44(47(39)50)55-21-5-6-34-26-48(34)19-17-35(51)18-20-48/h3-4,7-10,12,22-25,34-35,41-43,53-54H,2,5-6,11,13-21,26,28-29H2,1H3/t34?,35?,41-,42-,43+,48?/m1/s1. The summed E-state index contributed by atoms with van der Waals surface area (Å²) in [5, 5.41) is 24.4. The molecule has 0 radical (unpaired) electrons. The van der Waals surface area contributed by atoms with E-state index in [1.54, 1.807) is 0 Å². The maximum Gasteiger partial charge on any atom is 0.142 e. The summed E-state index contributed by atoms with van der Waals surface area (Å²) in [5.74, 6) is 2.59.